The van der Waals surface area contributed by atoms with E-state index >= 15 is 0 Å². The lowest BCUT2D eigenvalue weighted by Crippen LogP contribution is -2.61. The minimum absolute atomic E-state index is 0.0297. The number of nitrogens with zero attached hydrogens (tertiary/aromatic N) is 3. The Bertz CT molecular complexity index is 1280. The number of piperazine rings is 1. The second-order valence-electron chi connectivity index (χ2n) is 7.22. The van der Waals surface area contributed by atoms with Crippen LogP contribution in [0.5, 0.6) is 0 Å². The topological polar surface area (TPSA) is 91.0 Å². The van der Waals surface area contributed by atoms with E-state index in [-0.39, 0.29) is 24.4 Å². The van der Waals surface area contributed by atoms with E-state index in [4.69, 9.17) is 0 Å². The summed E-state index contributed by atoms with van der Waals surface area (Å²) in [6.45, 7) is 0.0297. The number of carbonyl (C=O) groups excluding carboxylic acids is 2. The van der Waals surface area contributed by atoms with Crippen molar-refractivity contribution in [1.82, 2.24) is 23.9 Å². The van der Waals surface area contributed by atoms with E-state index in [1.165, 1.54) is 11.7 Å². The predicted molar refractivity (Wildman–Crippen MR) is 105 cm³/mol. The number of hydrogen-bond donors (Lipinski definition) is 2. The molecule has 1 fully saturated rings. The monoisotopic (exact) mass is 389 g/mol. The van der Waals surface area contributed by atoms with Crippen molar-refractivity contribution in [3.05, 3.63) is 59.3 Å². The number of amides is 2. The molecule has 6 rings (SSSR count). The molecule has 1 saturated heterocycles. The molecule has 8 heteroatoms. The molecule has 0 radical (unpaired) electrons. The van der Waals surface area contributed by atoms with Crippen LogP contribution in [0.2, 0.25) is 0 Å². The number of rotatable bonds is 1. The van der Waals surface area contributed by atoms with Gasteiger partial charge in [-0.05, 0) is 29.3 Å². The van der Waals surface area contributed by atoms with Gasteiger partial charge in [0.05, 0.1) is 24.3 Å². The summed E-state index contributed by atoms with van der Waals surface area (Å²) < 4.78 is 8.62. The summed E-state index contributed by atoms with van der Waals surface area (Å²) in [4.78, 5) is 30.8. The Morgan fingerprint density at radius 3 is 2.86 bits per heavy atom. The Hall–Kier alpha value is -3.26. The number of fused-ring (bicyclic) bond motifs is 5. The van der Waals surface area contributed by atoms with Gasteiger partial charge < -0.3 is 15.2 Å². The summed E-state index contributed by atoms with van der Waals surface area (Å²) in [5.41, 5.74) is 5.66. The zero-order valence-electron chi connectivity index (χ0n) is 14.7. The van der Waals surface area contributed by atoms with Gasteiger partial charge in [-0.25, -0.2) is 0 Å². The highest BCUT2D eigenvalue weighted by molar-refractivity contribution is 7.00. The van der Waals surface area contributed by atoms with Crippen molar-refractivity contribution in [2.75, 3.05) is 6.54 Å². The van der Waals surface area contributed by atoms with Gasteiger partial charge in [0, 0.05) is 23.0 Å². The predicted octanol–water partition coefficient (Wildman–Crippen LogP) is 2.15. The summed E-state index contributed by atoms with van der Waals surface area (Å²) >= 11 is 1.17. The third-order valence-electron chi connectivity index (χ3n) is 5.73. The molecule has 28 heavy (non-hydrogen) atoms. The second-order valence-corrected chi connectivity index (χ2v) is 7.74. The van der Waals surface area contributed by atoms with E-state index in [0.717, 1.165) is 38.8 Å². The molecule has 0 bridgehead atoms. The Morgan fingerprint density at radius 2 is 1.93 bits per heavy atom. The van der Waals surface area contributed by atoms with Crippen molar-refractivity contribution in [1.29, 1.82) is 0 Å². The third kappa shape index (κ3) is 2.09. The summed E-state index contributed by atoms with van der Waals surface area (Å²) in [6.07, 6.45) is 0.508. The lowest BCUT2D eigenvalue weighted by molar-refractivity contribution is -0.148. The number of hydrogen-bond acceptors (Lipinski definition) is 5. The lowest BCUT2D eigenvalue weighted by atomic mass is 9.86. The summed E-state index contributed by atoms with van der Waals surface area (Å²) in [5.74, 6) is -0.174. The molecule has 7 nitrogen and oxygen atoms in total. The molecule has 0 spiro atoms. The molecule has 0 aliphatic carbocycles. The average Bonchev–Trinajstić information content (AvgIpc) is 3.33. The van der Waals surface area contributed by atoms with Crippen LogP contribution in [0.3, 0.4) is 0 Å². The summed E-state index contributed by atoms with van der Waals surface area (Å²) in [6, 6.07) is 13.1. The maximum atomic E-state index is 12.9. The van der Waals surface area contributed by atoms with Crippen LogP contribution >= 0.6 is 11.7 Å². The highest BCUT2D eigenvalue weighted by Crippen LogP contribution is 2.42. The molecule has 2 aromatic carbocycles. The molecule has 4 heterocycles. The normalized spacial score (nSPS) is 21.6. The Labute approximate surface area is 163 Å². The summed E-state index contributed by atoms with van der Waals surface area (Å²) in [5, 5.41) is 3.84. The van der Waals surface area contributed by atoms with E-state index in [2.05, 4.69) is 25.1 Å². The SMILES string of the molecule is O=C1NCC(=O)N2[C@@H](c3ccc4nsnc4c3)c3[nH]c4ccccc4c3C[C@H]12. The zero-order chi connectivity index (χ0) is 18.8. The zero-order valence-corrected chi connectivity index (χ0v) is 15.5. The molecular weight excluding hydrogens is 374 g/mol. The maximum absolute atomic E-state index is 12.9. The van der Waals surface area contributed by atoms with E-state index in [1.54, 1.807) is 4.90 Å². The van der Waals surface area contributed by atoms with Crippen molar-refractivity contribution in [2.45, 2.75) is 18.5 Å². The maximum Gasteiger partial charge on any atom is 0.243 e. The smallest absolute Gasteiger partial charge is 0.243 e. The van der Waals surface area contributed by atoms with E-state index < -0.39 is 6.04 Å². The van der Waals surface area contributed by atoms with Gasteiger partial charge in [0.15, 0.2) is 0 Å². The van der Waals surface area contributed by atoms with E-state index in [9.17, 15) is 9.59 Å². The lowest BCUT2D eigenvalue weighted by Gasteiger charge is -2.44. The van der Waals surface area contributed by atoms with Crippen molar-refractivity contribution in [3.8, 4) is 0 Å². The summed E-state index contributed by atoms with van der Waals surface area (Å²) in [7, 11) is 0. The molecule has 4 aromatic rings. The van der Waals surface area contributed by atoms with Gasteiger partial charge in [-0.1, -0.05) is 24.3 Å². The number of benzene rings is 2. The van der Waals surface area contributed by atoms with Gasteiger partial charge in [-0.3, -0.25) is 9.59 Å². The van der Waals surface area contributed by atoms with Crippen LogP contribution in [-0.2, 0) is 16.0 Å². The largest absolute Gasteiger partial charge is 0.356 e. The van der Waals surface area contributed by atoms with Crippen LogP contribution in [0.1, 0.15) is 22.9 Å². The molecule has 2 amide bonds. The first-order chi connectivity index (χ1) is 13.7. The molecule has 138 valence electrons. The fourth-order valence-corrected chi connectivity index (χ4v) is 5.01. The number of carbonyl (C=O) groups is 2. The van der Waals surface area contributed by atoms with Crippen molar-refractivity contribution in [2.24, 2.45) is 0 Å². The number of para-hydroxylation sites is 1. The van der Waals surface area contributed by atoms with Crippen molar-refractivity contribution < 1.29 is 9.59 Å². The molecule has 0 saturated carbocycles. The standard InChI is InChI=1S/C20H15N5O2S/c26-17-9-21-20(27)16-8-12-11-3-1-2-4-13(11)22-18(12)19(25(16)17)10-5-6-14-15(7-10)24-28-23-14/h1-7,16,19,22H,8-9H2,(H,21,27)/t16-,19+/m1/s1. The molecule has 0 unspecified atom stereocenters. The fourth-order valence-electron chi connectivity index (χ4n) is 4.49. The first-order valence-electron chi connectivity index (χ1n) is 9.11. The molecule has 2 atom stereocenters. The first kappa shape index (κ1) is 15.8. The molecule has 2 N–H and O–H groups in total. The van der Waals surface area contributed by atoms with Gasteiger partial charge in [-0.2, -0.15) is 8.75 Å². The van der Waals surface area contributed by atoms with Crippen LogP contribution in [-0.4, -0.2) is 43.0 Å². The fraction of sp³-hybridized carbons (Fsp3) is 0.200. The van der Waals surface area contributed by atoms with Gasteiger partial charge in [-0.15, -0.1) is 0 Å². The molecule has 2 aliphatic rings. The van der Waals surface area contributed by atoms with Crippen molar-refractivity contribution >= 4 is 45.5 Å². The van der Waals surface area contributed by atoms with Gasteiger partial charge >= 0.3 is 0 Å². The van der Waals surface area contributed by atoms with Gasteiger partial charge in [0.25, 0.3) is 0 Å². The Balaban J connectivity index is 1.63. The van der Waals surface area contributed by atoms with E-state index in [0.29, 0.717) is 6.42 Å². The molecular formula is C20H15N5O2S. The van der Waals surface area contributed by atoms with Gasteiger partial charge in [0.1, 0.15) is 17.1 Å². The highest BCUT2D eigenvalue weighted by atomic mass is 32.1. The number of nitrogens with one attached hydrogen (secondary N) is 2. The average molecular weight is 389 g/mol. The quantitative estimate of drug-likeness (QED) is 0.522. The Morgan fingerprint density at radius 1 is 1.07 bits per heavy atom. The number of aromatic amines is 1. The second kappa shape index (κ2) is 5.62. The van der Waals surface area contributed by atoms with Crippen LogP contribution in [0.25, 0.3) is 21.9 Å². The molecule has 2 aliphatic heterocycles. The minimum Gasteiger partial charge on any atom is -0.356 e. The van der Waals surface area contributed by atoms with Crippen LogP contribution in [0.4, 0.5) is 0 Å². The van der Waals surface area contributed by atoms with Crippen LogP contribution < -0.4 is 5.32 Å². The van der Waals surface area contributed by atoms with Gasteiger partial charge in [0.2, 0.25) is 11.8 Å². The van der Waals surface area contributed by atoms with E-state index in [1.807, 2.05) is 36.4 Å². The third-order valence-corrected chi connectivity index (χ3v) is 6.29. The minimum atomic E-state index is -0.512. The van der Waals surface area contributed by atoms with Crippen molar-refractivity contribution in [3.63, 3.8) is 0 Å². The van der Waals surface area contributed by atoms with Crippen LogP contribution in [0.15, 0.2) is 42.5 Å². The highest BCUT2D eigenvalue weighted by Gasteiger charge is 2.45. The first-order valence-corrected chi connectivity index (χ1v) is 9.84. The Kier molecular flexibility index (Phi) is 3.16. The number of H-pyrrole nitrogens is 1. The van der Waals surface area contributed by atoms with Crippen LogP contribution in [0, 0.1) is 0 Å². The molecule has 2 aromatic heterocycles. The number of aromatic nitrogens is 3.